The molecule has 0 saturated heterocycles. The highest BCUT2D eigenvalue weighted by Crippen LogP contribution is 2.27. The first-order valence-corrected chi connectivity index (χ1v) is 6.10. The molecular formula is C15H14FNO4. The molecule has 5 nitrogen and oxygen atoms in total. The Morgan fingerprint density at radius 1 is 1.33 bits per heavy atom. The van der Waals surface area contributed by atoms with E-state index in [2.05, 4.69) is 0 Å². The van der Waals surface area contributed by atoms with E-state index in [1.807, 2.05) is 0 Å². The maximum Gasteiger partial charge on any atom is 0.339 e. The Morgan fingerprint density at radius 3 is 2.71 bits per heavy atom. The molecule has 0 fully saturated rings. The molecule has 21 heavy (non-hydrogen) atoms. The molecule has 0 radical (unpaired) electrons. The summed E-state index contributed by atoms with van der Waals surface area (Å²) in [4.78, 5) is 11.1. The maximum atomic E-state index is 13.6. The number of methoxy groups -OCH3 is 1. The minimum absolute atomic E-state index is 0.00456. The number of hydrogen-bond donors (Lipinski definition) is 2. The second-order valence-corrected chi connectivity index (χ2v) is 4.29. The van der Waals surface area contributed by atoms with Crippen LogP contribution in [0.3, 0.4) is 0 Å². The third kappa shape index (κ3) is 3.22. The number of aromatic carboxylic acids is 1. The molecule has 0 spiro atoms. The lowest BCUT2D eigenvalue weighted by molar-refractivity contribution is 0.0692. The highest BCUT2D eigenvalue weighted by atomic mass is 19.1. The summed E-state index contributed by atoms with van der Waals surface area (Å²) in [6.45, 7) is -0.00456. The number of benzene rings is 2. The smallest absolute Gasteiger partial charge is 0.339 e. The van der Waals surface area contributed by atoms with Gasteiger partial charge in [-0.15, -0.1) is 0 Å². The molecule has 0 heterocycles. The predicted octanol–water partition coefficient (Wildman–Crippen LogP) is 2.69. The van der Waals surface area contributed by atoms with Gasteiger partial charge in [0.1, 0.15) is 12.2 Å². The van der Waals surface area contributed by atoms with Crippen molar-refractivity contribution in [3.8, 4) is 11.5 Å². The molecule has 0 aromatic heterocycles. The van der Waals surface area contributed by atoms with Crippen LogP contribution < -0.4 is 15.2 Å². The van der Waals surface area contributed by atoms with Crippen LogP contribution in [-0.4, -0.2) is 18.2 Å². The monoisotopic (exact) mass is 291 g/mol. The summed E-state index contributed by atoms with van der Waals surface area (Å²) in [5, 5.41) is 9.09. The Balaban J connectivity index is 2.20. The topological polar surface area (TPSA) is 81.8 Å². The number of nitrogens with two attached hydrogens (primary N) is 1. The fourth-order valence-corrected chi connectivity index (χ4v) is 1.84. The molecule has 2 aromatic rings. The average Bonchev–Trinajstić information content (AvgIpc) is 2.45. The van der Waals surface area contributed by atoms with Crippen molar-refractivity contribution in [3.05, 3.63) is 53.3 Å². The number of carboxylic acids is 1. The van der Waals surface area contributed by atoms with Gasteiger partial charge in [0.15, 0.2) is 17.3 Å². The fourth-order valence-electron chi connectivity index (χ4n) is 1.84. The number of hydrogen-bond acceptors (Lipinski definition) is 4. The van der Waals surface area contributed by atoms with Crippen LogP contribution in [0.25, 0.3) is 0 Å². The highest BCUT2D eigenvalue weighted by Gasteiger charge is 2.14. The van der Waals surface area contributed by atoms with E-state index in [4.69, 9.17) is 20.3 Å². The van der Waals surface area contributed by atoms with E-state index >= 15 is 0 Å². The molecule has 2 rings (SSSR count). The normalized spacial score (nSPS) is 10.2. The van der Waals surface area contributed by atoms with Crippen LogP contribution in [0.1, 0.15) is 15.9 Å². The quantitative estimate of drug-likeness (QED) is 0.828. The van der Waals surface area contributed by atoms with Crippen LogP contribution >= 0.6 is 0 Å². The highest BCUT2D eigenvalue weighted by molar-refractivity contribution is 5.93. The largest absolute Gasteiger partial charge is 0.494 e. The summed E-state index contributed by atoms with van der Waals surface area (Å²) in [6, 6.07) is 8.82. The first kappa shape index (κ1) is 14.6. The van der Waals surface area contributed by atoms with Gasteiger partial charge in [-0.2, -0.15) is 0 Å². The summed E-state index contributed by atoms with van der Waals surface area (Å²) in [7, 11) is 1.37. The summed E-state index contributed by atoms with van der Waals surface area (Å²) in [5.41, 5.74) is 6.43. The number of anilines is 1. The molecule has 0 aliphatic heterocycles. The van der Waals surface area contributed by atoms with E-state index in [0.29, 0.717) is 5.56 Å². The van der Waals surface area contributed by atoms with E-state index in [1.165, 1.54) is 37.4 Å². The lowest BCUT2D eigenvalue weighted by atomic mass is 10.1. The molecule has 0 aliphatic rings. The SMILES string of the molecule is COc1ccc(COc2c(N)cccc2C(=O)O)cc1F. The Labute approximate surface area is 120 Å². The lowest BCUT2D eigenvalue weighted by Crippen LogP contribution is -2.06. The number of carboxylic acid groups (broad SMARTS) is 1. The van der Waals surface area contributed by atoms with Gasteiger partial charge in [0.2, 0.25) is 0 Å². The fraction of sp³-hybridized carbons (Fsp3) is 0.133. The molecule has 2 aromatic carbocycles. The minimum atomic E-state index is -1.14. The van der Waals surface area contributed by atoms with Gasteiger partial charge in [-0.1, -0.05) is 12.1 Å². The van der Waals surface area contributed by atoms with E-state index in [9.17, 15) is 9.18 Å². The van der Waals surface area contributed by atoms with E-state index in [0.717, 1.165) is 0 Å². The van der Waals surface area contributed by atoms with Gasteiger partial charge in [0, 0.05) is 0 Å². The Bertz CT molecular complexity index is 673. The molecule has 0 unspecified atom stereocenters. The summed E-state index contributed by atoms with van der Waals surface area (Å²) in [6.07, 6.45) is 0. The van der Waals surface area contributed by atoms with Crippen LogP contribution in [0.4, 0.5) is 10.1 Å². The zero-order chi connectivity index (χ0) is 15.4. The van der Waals surface area contributed by atoms with Gasteiger partial charge in [0.05, 0.1) is 12.8 Å². The van der Waals surface area contributed by atoms with Crippen LogP contribution in [0.15, 0.2) is 36.4 Å². The van der Waals surface area contributed by atoms with Gasteiger partial charge in [-0.25, -0.2) is 9.18 Å². The Hall–Kier alpha value is -2.76. The summed E-state index contributed by atoms with van der Waals surface area (Å²) < 4.78 is 23.8. The number of ether oxygens (including phenoxy) is 2. The summed E-state index contributed by atoms with van der Waals surface area (Å²) >= 11 is 0. The predicted molar refractivity (Wildman–Crippen MR) is 75.1 cm³/mol. The van der Waals surface area contributed by atoms with E-state index in [1.54, 1.807) is 6.07 Å². The van der Waals surface area contributed by atoms with Crippen LogP contribution in [0.5, 0.6) is 11.5 Å². The van der Waals surface area contributed by atoms with E-state index in [-0.39, 0.29) is 29.4 Å². The van der Waals surface area contributed by atoms with Crippen molar-refractivity contribution in [2.45, 2.75) is 6.61 Å². The Morgan fingerprint density at radius 2 is 2.10 bits per heavy atom. The molecule has 110 valence electrons. The number of carbonyl (C=O) groups is 1. The molecule has 0 bridgehead atoms. The van der Waals surface area contributed by atoms with Crippen molar-refractivity contribution in [2.75, 3.05) is 12.8 Å². The third-order valence-electron chi connectivity index (χ3n) is 2.88. The number of para-hydroxylation sites is 1. The van der Waals surface area contributed by atoms with Gasteiger partial charge in [-0.05, 0) is 29.8 Å². The van der Waals surface area contributed by atoms with Crippen molar-refractivity contribution in [1.82, 2.24) is 0 Å². The molecule has 0 amide bonds. The van der Waals surface area contributed by atoms with Crippen LogP contribution in [0, 0.1) is 5.82 Å². The van der Waals surface area contributed by atoms with Gasteiger partial charge >= 0.3 is 5.97 Å². The maximum absolute atomic E-state index is 13.6. The first-order chi connectivity index (χ1) is 10.0. The van der Waals surface area contributed by atoms with Gasteiger partial charge in [0.25, 0.3) is 0 Å². The zero-order valence-corrected chi connectivity index (χ0v) is 11.3. The van der Waals surface area contributed by atoms with Crippen molar-refractivity contribution < 1.29 is 23.8 Å². The molecular weight excluding hydrogens is 277 g/mol. The number of halogens is 1. The van der Waals surface area contributed by atoms with Gasteiger partial charge < -0.3 is 20.3 Å². The van der Waals surface area contributed by atoms with E-state index < -0.39 is 11.8 Å². The lowest BCUT2D eigenvalue weighted by Gasteiger charge is -2.12. The molecule has 0 saturated carbocycles. The van der Waals surface area contributed by atoms with Crippen molar-refractivity contribution in [2.24, 2.45) is 0 Å². The van der Waals surface area contributed by atoms with Crippen molar-refractivity contribution in [3.63, 3.8) is 0 Å². The molecule has 3 N–H and O–H groups in total. The Kier molecular flexibility index (Phi) is 4.27. The number of rotatable bonds is 5. The molecule has 6 heteroatoms. The summed E-state index contributed by atoms with van der Waals surface area (Å²) in [5.74, 6) is -1.46. The zero-order valence-electron chi connectivity index (χ0n) is 11.3. The third-order valence-corrected chi connectivity index (χ3v) is 2.88. The van der Waals surface area contributed by atoms with Crippen LogP contribution in [0.2, 0.25) is 0 Å². The van der Waals surface area contributed by atoms with Crippen molar-refractivity contribution >= 4 is 11.7 Å². The first-order valence-electron chi connectivity index (χ1n) is 6.10. The van der Waals surface area contributed by atoms with Crippen molar-refractivity contribution in [1.29, 1.82) is 0 Å². The minimum Gasteiger partial charge on any atom is -0.494 e. The molecule has 0 atom stereocenters. The van der Waals surface area contributed by atoms with Gasteiger partial charge in [-0.3, -0.25) is 0 Å². The number of nitrogen functional groups attached to an aromatic ring is 1. The second-order valence-electron chi connectivity index (χ2n) is 4.29. The standard InChI is InChI=1S/C15H14FNO4/c1-20-13-6-5-9(7-11(13)16)8-21-14-10(15(18)19)3-2-4-12(14)17/h2-7H,8,17H2,1H3,(H,18,19). The van der Waals surface area contributed by atoms with Crippen LogP contribution in [-0.2, 0) is 6.61 Å². The average molecular weight is 291 g/mol. The second kappa shape index (κ2) is 6.13. The molecule has 0 aliphatic carbocycles.